The number of hydrogen-bond acceptors (Lipinski definition) is 2. The minimum atomic E-state index is 0. The van der Waals surface area contributed by atoms with E-state index in [-0.39, 0.29) is 24.8 Å². The Kier molecular flexibility index (Phi) is 8.13. The van der Waals surface area contributed by atoms with Gasteiger partial charge in [-0.25, -0.2) is 0 Å². The molecule has 3 rings (SSSR count). The summed E-state index contributed by atoms with van der Waals surface area (Å²) in [7, 11) is 0. The molecule has 1 saturated carbocycles. The van der Waals surface area contributed by atoms with E-state index < -0.39 is 0 Å². The first-order valence-electron chi connectivity index (χ1n) is 7.04. The van der Waals surface area contributed by atoms with Crippen LogP contribution in [0, 0.1) is 9.49 Å². The van der Waals surface area contributed by atoms with Gasteiger partial charge in [0.25, 0.3) is 0 Å². The van der Waals surface area contributed by atoms with Crippen LogP contribution >= 0.6 is 47.4 Å². The largest absolute Gasteiger partial charge is 0.314 e. The number of benzene rings is 1. The Morgan fingerprint density at radius 2 is 1.80 bits per heavy atom. The van der Waals surface area contributed by atoms with Crippen molar-refractivity contribution in [2.24, 2.45) is 5.92 Å². The normalized spacial score (nSPS) is 20.6. The van der Waals surface area contributed by atoms with Gasteiger partial charge in [0.15, 0.2) is 0 Å². The summed E-state index contributed by atoms with van der Waals surface area (Å²) in [5.41, 5.74) is 1.55. The van der Waals surface area contributed by atoms with Crippen molar-refractivity contribution in [3.63, 3.8) is 0 Å². The van der Waals surface area contributed by atoms with E-state index in [1.165, 1.54) is 35.9 Å². The Morgan fingerprint density at radius 3 is 2.40 bits per heavy atom. The summed E-state index contributed by atoms with van der Waals surface area (Å²) < 4.78 is 1.43. The maximum Gasteiger partial charge on any atom is 0.0362 e. The third-order valence-corrected chi connectivity index (χ3v) is 5.09. The molecule has 1 heterocycles. The summed E-state index contributed by atoms with van der Waals surface area (Å²) in [5, 5.41) is 3.46. The van der Waals surface area contributed by atoms with Crippen LogP contribution < -0.4 is 5.32 Å². The fourth-order valence-corrected chi connectivity index (χ4v) is 3.63. The van der Waals surface area contributed by atoms with Crippen LogP contribution in [0.1, 0.15) is 30.9 Å². The Hall–Kier alpha value is 0.450. The number of hydrogen-bond donors (Lipinski definition) is 1. The Labute approximate surface area is 148 Å². The number of nitrogens with one attached hydrogen (secondary N) is 1. The standard InChI is InChI=1S/C15H21IN2.2ClH/c16-14-4-2-1-3-13(14)15(11-12-5-6-12)18-9-7-17-8-10-18;;/h1-4,12,15,17H,5-11H2;2*1H/t15-;;/m0../s1. The third kappa shape index (κ3) is 4.73. The molecule has 1 saturated heterocycles. The van der Waals surface area contributed by atoms with Crippen molar-refractivity contribution in [3.8, 4) is 0 Å². The van der Waals surface area contributed by atoms with Gasteiger partial charge < -0.3 is 5.32 Å². The molecular weight excluding hydrogens is 406 g/mol. The summed E-state index contributed by atoms with van der Waals surface area (Å²) in [6, 6.07) is 9.57. The van der Waals surface area contributed by atoms with E-state index in [1.807, 2.05) is 0 Å². The van der Waals surface area contributed by atoms with E-state index in [0.717, 1.165) is 19.0 Å². The lowest BCUT2D eigenvalue weighted by Gasteiger charge is -2.36. The van der Waals surface area contributed by atoms with Crippen molar-refractivity contribution in [1.29, 1.82) is 0 Å². The molecule has 2 aliphatic rings. The van der Waals surface area contributed by atoms with Gasteiger partial charge in [0.2, 0.25) is 0 Å². The average molecular weight is 429 g/mol. The molecule has 0 spiro atoms. The average Bonchev–Trinajstić information content (AvgIpc) is 3.22. The van der Waals surface area contributed by atoms with Gasteiger partial charge in [-0.1, -0.05) is 31.0 Å². The molecule has 1 N–H and O–H groups in total. The number of rotatable bonds is 4. The summed E-state index contributed by atoms with van der Waals surface area (Å²) >= 11 is 2.50. The van der Waals surface area contributed by atoms with E-state index >= 15 is 0 Å². The molecule has 1 aromatic carbocycles. The minimum Gasteiger partial charge on any atom is -0.314 e. The Bertz CT molecular complexity index is 407. The Morgan fingerprint density at radius 1 is 1.15 bits per heavy atom. The first-order valence-corrected chi connectivity index (χ1v) is 8.11. The maximum atomic E-state index is 3.46. The summed E-state index contributed by atoms with van der Waals surface area (Å²) in [6.45, 7) is 4.68. The molecule has 1 atom stereocenters. The van der Waals surface area contributed by atoms with Crippen molar-refractivity contribution >= 4 is 47.4 Å². The zero-order valence-corrected chi connectivity index (χ0v) is 15.3. The van der Waals surface area contributed by atoms with Crippen LogP contribution in [0.2, 0.25) is 0 Å². The molecule has 1 aromatic rings. The highest BCUT2D eigenvalue weighted by molar-refractivity contribution is 14.1. The van der Waals surface area contributed by atoms with Crippen molar-refractivity contribution < 1.29 is 0 Å². The van der Waals surface area contributed by atoms with Gasteiger partial charge >= 0.3 is 0 Å². The van der Waals surface area contributed by atoms with E-state index in [0.29, 0.717) is 6.04 Å². The highest BCUT2D eigenvalue weighted by Crippen LogP contribution is 2.41. The molecule has 0 amide bonds. The summed E-state index contributed by atoms with van der Waals surface area (Å²) in [6.07, 6.45) is 4.26. The fraction of sp³-hybridized carbons (Fsp3) is 0.600. The lowest BCUT2D eigenvalue weighted by Crippen LogP contribution is -2.45. The van der Waals surface area contributed by atoms with Crippen molar-refractivity contribution in [2.45, 2.75) is 25.3 Å². The lowest BCUT2D eigenvalue weighted by atomic mass is 9.99. The topological polar surface area (TPSA) is 15.3 Å². The van der Waals surface area contributed by atoms with Gasteiger partial charge in [-0.3, -0.25) is 4.90 Å². The van der Waals surface area contributed by atoms with Gasteiger partial charge in [-0.05, 0) is 46.6 Å². The van der Waals surface area contributed by atoms with Crippen LogP contribution in [0.4, 0.5) is 0 Å². The molecule has 0 unspecified atom stereocenters. The zero-order chi connectivity index (χ0) is 12.4. The van der Waals surface area contributed by atoms with Crippen molar-refractivity contribution in [1.82, 2.24) is 10.2 Å². The summed E-state index contributed by atoms with van der Waals surface area (Å²) in [4.78, 5) is 2.69. The Balaban J connectivity index is 0.000001000. The molecule has 2 fully saturated rings. The second kappa shape index (κ2) is 8.79. The molecule has 0 radical (unpaired) electrons. The van der Waals surface area contributed by atoms with Gasteiger partial charge in [0, 0.05) is 35.8 Å². The quantitative estimate of drug-likeness (QED) is 0.732. The smallest absolute Gasteiger partial charge is 0.0362 e. The van der Waals surface area contributed by atoms with E-state index in [4.69, 9.17) is 0 Å². The van der Waals surface area contributed by atoms with Gasteiger partial charge in [0.05, 0.1) is 0 Å². The maximum absolute atomic E-state index is 3.46. The van der Waals surface area contributed by atoms with E-state index in [1.54, 1.807) is 5.56 Å². The van der Waals surface area contributed by atoms with E-state index in [9.17, 15) is 0 Å². The number of nitrogens with zero attached hydrogens (tertiary/aromatic N) is 1. The minimum absolute atomic E-state index is 0. The van der Waals surface area contributed by atoms with E-state index in [2.05, 4.69) is 57.1 Å². The predicted molar refractivity (Wildman–Crippen MR) is 98.2 cm³/mol. The number of piperazine rings is 1. The SMILES string of the molecule is Cl.Cl.Ic1ccccc1[C@H](CC1CC1)N1CCNCC1. The molecule has 1 aliphatic heterocycles. The molecule has 1 aliphatic carbocycles. The molecule has 5 heteroatoms. The first-order chi connectivity index (χ1) is 8.84. The second-order valence-electron chi connectivity index (χ2n) is 5.50. The van der Waals surface area contributed by atoms with Crippen LogP contribution in [0.25, 0.3) is 0 Å². The highest BCUT2D eigenvalue weighted by Gasteiger charge is 2.31. The van der Waals surface area contributed by atoms with Crippen molar-refractivity contribution in [3.05, 3.63) is 33.4 Å². The van der Waals surface area contributed by atoms with Gasteiger partial charge in [-0.15, -0.1) is 24.8 Å². The van der Waals surface area contributed by atoms with Gasteiger partial charge in [0.1, 0.15) is 0 Å². The zero-order valence-electron chi connectivity index (χ0n) is 11.6. The van der Waals surface area contributed by atoms with Crippen LogP contribution in [0.15, 0.2) is 24.3 Å². The molecule has 114 valence electrons. The molecule has 2 nitrogen and oxygen atoms in total. The predicted octanol–water partition coefficient (Wildman–Crippen LogP) is 3.88. The molecule has 0 bridgehead atoms. The van der Waals surface area contributed by atoms with Crippen LogP contribution in [-0.2, 0) is 0 Å². The molecule has 0 aromatic heterocycles. The van der Waals surface area contributed by atoms with Crippen molar-refractivity contribution in [2.75, 3.05) is 26.2 Å². The third-order valence-electron chi connectivity index (χ3n) is 4.11. The van der Waals surface area contributed by atoms with Crippen LogP contribution in [-0.4, -0.2) is 31.1 Å². The monoisotopic (exact) mass is 428 g/mol. The summed E-state index contributed by atoms with van der Waals surface area (Å²) in [5.74, 6) is 0.987. The number of halogens is 3. The van der Waals surface area contributed by atoms with Crippen LogP contribution in [0.3, 0.4) is 0 Å². The van der Waals surface area contributed by atoms with Gasteiger partial charge in [-0.2, -0.15) is 0 Å². The first kappa shape index (κ1) is 18.5. The molecular formula is C15H23Cl2IN2. The lowest BCUT2D eigenvalue weighted by molar-refractivity contribution is 0.160. The fourth-order valence-electron chi connectivity index (χ4n) is 2.88. The van der Waals surface area contributed by atoms with Crippen LogP contribution in [0.5, 0.6) is 0 Å². The molecule has 20 heavy (non-hydrogen) atoms. The second-order valence-corrected chi connectivity index (χ2v) is 6.66. The highest BCUT2D eigenvalue weighted by atomic mass is 127.